The summed E-state index contributed by atoms with van der Waals surface area (Å²) in [6.07, 6.45) is 11.7. The van der Waals surface area contributed by atoms with Gasteiger partial charge in [0.1, 0.15) is 23.5 Å². The number of hydrogen-bond donors (Lipinski definition) is 2. The maximum Gasteiger partial charge on any atom is 0.343 e. The van der Waals surface area contributed by atoms with Gasteiger partial charge in [-0.2, -0.15) is 0 Å². The first kappa shape index (κ1) is 40.0. The third-order valence-electron chi connectivity index (χ3n) is 8.26. The Kier molecular flexibility index (Phi) is 19.1. The molecule has 2 unspecified atom stereocenters. The molecule has 262 valence electrons. The van der Waals surface area contributed by atoms with Crippen molar-refractivity contribution in [1.29, 1.82) is 0 Å². The van der Waals surface area contributed by atoms with E-state index in [1.807, 2.05) is 13.8 Å². The van der Waals surface area contributed by atoms with Gasteiger partial charge in [0.05, 0.1) is 42.9 Å². The number of rotatable bonds is 24. The van der Waals surface area contributed by atoms with Crippen LogP contribution in [0.2, 0.25) is 0 Å². The number of carbonyl (C=O) groups is 3. The monoisotopic (exact) mass is 676 g/mol. The number of benzene rings is 2. The van der Waals surface area contributed by atoms with Crippen molar-refractivity contribution in [2.24, 2.45) is 11.3 Å². The van der Waals surface area contributed by atoms with Gasteiger partial charge in [0.15, 0.2) is 0 Å². The van der Waals surface area contributed by atoms with E-state index in [0.717, 1.165) is 51.4 Å². The molecule has 0 saturated carbocycles. The van der Waals surface area contributed by atoms with E-state index in [2.05, 4.69) is 0 Å². The van der Waals surface area contributed by atoms with Gasteiger partial charge in [0.2, 0.25) is 0 Å². The van der Waals surface area contributed by atoms with Gasteiger partial charge in [-0.1, -0.05) is 71.6 Å². The van der Waals surface area contributed by atoms with Gasteiger partial charge in [-0.15, -0.1) is 11.6 Å². The number of aliphatic hydroxyl groups is 2. The third kappa shape index (κ3) is 15.1. The standard InChI is InChI=1S/C37H53ClO9/c1-4-28(2)33(38)25-46-34(41)29-17-21-32(22-18-29)47-35(42)30-15-19-31(20-16-30)44-23-13-11-9-7-5-6-8-10-12-14-24-45-36(43)37(3,26-39)27-40/h15-22,28,33,39-40H,4-14,23-27H2,1-3H3. The summed E-state index contributed by atoms with van der Waals surface area (Å²) in [6, 6.07) is 13.1. The van der Waals surface area contributed by atoms with Crippen LogP contribution in [-0.2, 0) is 14.3 Å². The third-order valence-corrected chi connectivity index (χ3v) is 8.81. The molecule has 0 aliphatic carbocycles. The molecule has 0 amide bonds. The number of alkyl halides is 1. The zero-order chi connectivity index (χ0) is 34.5. The molecule has 0 aromatic heterocycles. The smallest absolute Gasteiger partial charge is 0.343 e. The molecule has 2 N–H and O–H groups in total. The number of hydrogen-bond acceptors (Lipinski definition) is 9. The van der Waals surface area contributed by atoms with Gasteiger partial charge in [0, 0.05) is 0 Å². The Labute approximate surface area is 284 Å². The van der Waals surface area contributed by atoms with Crippen LogP contribution in [0, 0.1) is 11.3 Å². The van der Waals surface area contributed by atoms with E-state index in [-0.39, 0.29) is 17.9 Å². The fourth-order valence-electron chi connectivity index (χ4n) is 4.50. The lowest BCUT2D eigenvalue weighted by Crippen LogP contribution is -2.37. The zero-order valence-corrected chi connectivity index (χ0v) is 29.0. The van der Waals surface area contributed by atoms with Crippen molar-refractivity contribution in [3.63, 3.8) is 0 Å². The largest absolute Gasteiger partial charge is 0.494 e. The molecule has 0 saturated heterocycles. The molecule has 2 rings (SSSR count). The molecule has 2 aromatic carbocycles. The number of esters is 3. The highest BCUT2D eigenvalue weighted by molar-refractivity contribution is 6.21. The Bertz CT molecular complexity index is 1180. The summed E-state index contributed by atoms with van der Waals surface area (Å²) in [7, 11) is 0. The molecule has 0 heterocycles. The van der Waals surface area contributed by atoms with Crippen LogP contribution in [0.1, 0.15) is 112 Å². The van der Waals surface area contributed by atoms with Crippen LogP contribution in [0.15, 0.2) is 48.5 Å². The van der Waals surface area contributed by atoms with Crippen LogP contribution in [0.5, 0.6) is 11.5 Å². The Morgan fingerprint density at radius 1 is 0.702 bits per heavy atom. The highest BCUT2D eigenvalue weighted by Gasteiger charge is 2.33. The summed E-state index contributed by atoms with van der Waals surface area (Å²) in [5.41, 5.74) is -0.475. The first-order chi connectivity index (χ1) is 22.6. The summed E-state index contributed by atoms with van der Waals surface area (Å²) in [5.74, 6) is -0.264. The lowest BCUT2D eigenvalue weighted by atomic mass is 9.93. The van der Waals surface area contributed by atoms with Crippen LogP contribution in [0.3, 0.4) is 0 Å². The van der Waals surface area contributed by atoms with Crippen LogP contribution in [-0.4, -0.2) is 66.5 Å². The summed E-state index contributed by atoms with van der Waals surface area (Å²) < 4.78 is 21.7. The lowest BCUT2D eigenvalue weighted by molar-refractivity contribution is -0.160. The van der Waals surface area contributed by atoms with E-state index in [0.29, 0.717) is 35.8 Å². The summed E-state index contributed by atoms with van der Waals surface area (Å²) in [5, 5.41) is 18.2. The molecule has 2 aromatic rings. The molecule has 0 fully saturated rings. The predicted octanol–water partition coefficient (Wildman–Crippen LogP) is 7.53. The maximum atomic E-state index is 12.6. The topological polar surface area (TPSA) is 129 Å². The van der Waals surface area contributed by atoms with Gasteiger partial charge in [0.25, 0.3) is 0 Å². The van der Waals surface area contributed by atoms with Gasteiger partial charge in [-0.3, -0.25) is 4.79 Å². The molecule has 0 bridgehead atoms. The highest BCUT2D eigenvalue weighted by Crippen LogP contribution is 2.20. The number of ether oxygens (including phenoxy) is 4. The number of unbranched alkanes of at least 4 members (excludes halogenated alkanes) is 9. The van der Waals surface area contributed by atoms with E-state index in [1.54, 1.807) is 48.5 Å². The van der Waals surface area contributed by atoms with Crippen molar-refractivity contribution >= 4 is 29.5 Å². The second kappa shape index (κ2) is 22.4. The van der Waals surface area contributed by atoms with Crippen molar-refractivity contribution in [2.75, 3.05) is 33.0 Å². The Morgan fingerprint density at radius 3 is 1.68 bits per heavy atom. The number of aliphatic hydroxyl groups excluding tert-OH is 2. The summed E-state index contributed by atoms with van der Waals surface area (Å²) in [6.45, 7) is 5.75. The molecule has 0 radical (unpaired) electrons. The average molecular weight is 677 g/mol. The Balaban J connectivity index is 1.52. The molecule has 47 heavy (non-hydrogen) atoms. The van der Waals surface area contributed by atoms with Gasteiger partial charge < -0.3 is 29.2 Å². The minimum atomic E-state index is -1.23. The quantitative estimate of drug-likeness (QED) is 0.0502. The van der Waals surface area contributed by atoms with Gasteiger partial charge in [-0.05, 0) is 74.2 Å². The minimum absolute atomic E-state index is 0.139. The number of carbonyl (C=O) groups excluding carboxylic acids is 3. The van der Waals surface area contributed by atoms with Crippen LogP contribution in [0.25, 0.3) is 0 Å². The molecule has 0 aliphatic heterocycles. The van der Waals surface area contributed by atoms with Crippen molar-refractivity contribution < 1.29 is 43.5 Å². The van der Waals surface area contributed by atoms with Crippen LogP contribution >= 0.6 is 11.6 Å². The number of halogens is 1. The fraction of sp³-hybridized carbons (Fsp3) is 0.595. The second-order valence-corrected chi connectivity index (χ2v) is 12.9. The van der Waals surface area contributed by atoms with Crippen molar-refractivity contribution in [2.45, 2.75) is 96.8 Å². The normalized spacial score (nSPS) is 12.6. The first-order valence-corrected chi connectivity index (χ1v) is 17.3. The van der Waals surface area contributed by atoms with E-state index < -0.39 is 36.5 Å². The van der Waals surface area contributed by atoms with E-state index in [9.17, 15) is 24.6 Å². The summed E-state index contributed by atoms with van der Waals surface area (Å²) >= 11 is 6.25. The highest BCUT2D eigenvalue weighted by atomic mass is 35.5. The molecule has 9 nitrogen and oxygen atoms in total. The van der Waals surface area contributed by atoms with Crippen molar-refractivity contribution in [3.8, 4) is 11.5 Å². The van der Waals surface area contributed by atoms with E-state index in [4.69, 9.17) is 30.5 Å². The molecule has 0 spiro atoms. The SMILES string of the molecule is CCC(C)C(Cl)COC(=O)c1ccc(OC(=O)c2ccc(OCCCCCCCCCCCCOC(=O)C(C)(CO)CO)cc2)cc1. The molecular formula is C37H53ClO9. The fourth-order valence-corrected chi connectivity index (χ4v) is 4.74. The average Bonchev–Trinajstić information content (AvgIpc) is 3.10. The predicted molar refractivity (Wildman–Crippen MR) is 182 cm³/mol. The van der Waals surface area contributed by atoms with E-state index in [1.165, 1.54) is 26.2 Å². The van der Waals surface area contributed by atoms with Crippen molar-refractivity contribution in [1.82, 2.24) is 0 Å². The van der Waals surface area contributed by atoms with Gasteiger partial charge in [-0.25, -0.2) is 9.59 Å². The summed E-state index contributed by atoms with van der Waals surface area (Å²) in [4.78, 5) is 36.7. The Hall–Kier alpha value is -3.14. The second-order valence-electron chi connectivity index (χ2n) is 12.3. The lowest BCUT2D eigenvalue weighted by Gasteiger charge is -2.22. The van der Waals surface area contributed by atoms with Crippen LogP contribution in [0.4, 0.5) is 0 Å². The molecule has 10 heteroatoms. The molecule has 0 aliphatic rings. The van der Waals surface area contributed by atoms with Crippen molar-refractivity contribution in [3.05, 3.63) is 59.7 Å². The van der Waals surface area contributed by atoms with Crippen LogP contribution < -0.4 is 9.47 Å². The maximum absolute atomic E-state index is 12.6. The Morgan fingerprint density at radius 2 is 1.17 bits per heavy atom. The molecule has 2 atom stereocenters. The van der Waals surface area contributed by atoms with Gasteiger partial charge >= 0.3 is 17.9 Å². The zero-order valence-electron chi connectivity index (χ0n) is 28.2. The van der Waals surface area contributed by atoms with E-state index >= 15 is 0 Å². The first-order valence-electron chi connectivity index (χ1n) is 16.9. The molecular weight excluding hydrogens is 624 g/mol. The minimum Gasteiger partial charge on any atom is -0.494 e.